The number of aryl methyl sites for hydroxylation is 1. The number of ether oxygens (including phenoxy) is 2. The topological polar surface area (TPSA) is 93.1 Å². The van der Waals surface area contributed by atoms with Crippen LogP contribution in [0.15, 0.2) is 47.4 Å². The summed E-state index contributed by atoms with van der Waals surface area (Å²) in [6, 6.07) is 12.0. The summed E-state index contributed by atoms with van der Waals surface area (Å²) in [4.78, 5) is 14.4. The fraction of sp³-hybridized carbons (Fsp3) is 0.381. The molecule has 0 spiro atoms. The first-order chi connectivity index (χ1) is 13.9. The second-order valence-electron chi connectivity index (χ2n) is 7.37. The number of rotatable bonds is 5. The molecule has 0 aliphatic carbocycles. The minimum absolute atomic E-state index is 0.108. The molecule has 2 atom stereocenters. The number of benzene rings is 2. The van der Waals surface area contributed by atoms with Gasteiger partial charge in [-0.15, -0.1) is 0 Å². The molecular weight excluding hydrogens is 394 g/mol. The number of nitrogens with zero attached hydrogens (tertiary/aromatic N) is 1. The van der Waals surface area contributed by atoms with Crippen molar-refractivity contribution in [2.75, 3.05) is 13.3 Å². The number of piperidine rings is 1. The Morgan fingerprint density at radius 3 is 2.55 bits per heavy atom. The maximum atomic E-state index is 13.0. The van der Waals surface area contributed by atoms with Gasteiger partial charge in [0.1, 0.15) is 11.5 Å². The van der Waals surface area contributed by atoms with Crippen molar-refractivity contribution in [3.8, 4) is 11.5 Å². The van der Waals surface area contributed by atoms with Crippen LogP contribution in [0.2, 0.25) is 0 Å². The number of aliphatic hydroxyl groups excluding tert-OH is 1. The Labute approximate surface area is 169 Å². The first-order valence-electron chi connectivity index (χ1n) is 9.54. The summed E-state index contributed by atoms with van der Waals surface area (Å²) in [5.74, 6) is 0.769. The van der Waals surface area contributed by atoms with Gasteiger partial charge >= 0.3 is 0 Å². The second kappa shape index (κ2) is 7.68. The largest absolute Gasteiger partial charge is 0.454 e. The zero-order chi connectivity index (χ0) is 20.6. The van der Waals surface area contributed by atoms with E-state index in [1.807, 2.05) is 19.1 Å². The third-order valence-corrected chi connectivity index (χ3v) is 7.52. The average molecular weight is 417 g/mol. The van der Waals surface area contributed by atoms with Crippen molar-refractivity contribution in [2.45, 2.75) is 42.6 Å². The molecule has 29 heavy (non-hydrogen) atoms. The second-order valence-corrected chi connectivity index (χ2v) is 9.50. The molecule has 7 nitrogen and oxygen atoms in total. The highest BCUT2D eigenvalue weighted by Gasteiger charge is 2.42. The molecule has 1 saturated heterocycles. The van der Waals surface area contributed by atoms with E-state index in [1.54, 1.807) is 18.2 Å². The minimum atomic E-state index is -3.81. The van der Waals surface area contributed by atoms with Crippen LogP contribution in [0.1, 0.15) is 24.0 Å². The highest BCUT2D eigenvalue weighted by Crippen LogP contribution is 2.33. The lowest BCUT2D eigenvalue weighted by Crippen LogP contribution is -2.53. The standard InChI is InChI=1S/C21H23NO6S/c1-14-2-5-16(6-3-14)29(25,26)19-8-9-20(23)22(21(19)24)11-10-15-4-7-17-18(12-15)28-13-27-17/h2-7,12,19-20,23H,8-11,13H2,1H3. The molecule has 0 saturated carbocycles. The average Bonchev–Trinajstić information content (AvgIpc) is 3.16. The Balaban J connectivity index is 1.50. The highest BCUT2D eigenvalue weighted by molar-refractivity contribution is 7.92. The maximum absolute atomic E-state index is 13.0. The maximum Gasteiger partial charge on any atom is 0.243 e. The van der Waals surface area contributed by atoms with Crippen LogP contribution in [0, 0.1) is 6.92 Å². The third kappa shape index (κ3) is 3.82. The van der Waals surface area contributed by atoms with Gasteiger partial charge in [0.05, 0.1) is 4.90 Å². The van der Waals surface area contributed by atoms with Gasteiger partial charge < -0.3 is 19.5 Å². The van der Waals surface area contributed by atoms with Crippen molar-refractivity contribution < 1.29 is 27.8 Å². The summed E-state index contributed by atoms with van der Waals surface area (Å²) < 4.78 is 36.7. The number of carbonyl (C=O) groups excluding carboxylic acids is 1. The molecule has 0 aromatic heterocycles. The third-order valence-electron chi connectivity index (χ3n) is 5.41. The van der Waals surface area contributed by atoms with Gasteiger partial charge in [0, 0.05) is 6.54 Å². The lowest BCUT2D eigenvalue weighted by atomic mass is 10.1. The van der Waals surface area contributed by atoms with Crippen LogP contribution in [-0.2, 0) is 21.1 Å². The van der Waals surface area contributed by atoms with Crippen molar-refractivity contribution in [1.29, 1.82) is 0 Å². The predicted molar refractivity (Wildman–Crippen MR) is 105 cm³/mol. The number of hydrogen-bond donors (Lipinski definition) is 1. The quantitative estimate of drug-likeness (QED) is 0.800. The summed E-state index contributed by atoms with van der Waals surface area (Å²) in [5, 5.41) is 9.15. The molecule has 2 heterocycles. The van der Waals surface area contributed by atoms with Crippen LogP contribution in [0.5, 0.6) is 11.5 Å². The van der Waals surface area contributed by atoms with Gasteiger partial charge in [-0.25, -0.2) is 8.42 Å². The fourth-order valence-corrected chi connectivity index (χ4v) is 5.39. The van der Waals surface area contributed by atoms with Gasteiger partial charge in [0.15, 0.2) is 21.3 Å². The molecule has 2 aliphatic heterocycles. The van der Waals surface area contributed by atoms with Gasteiger partial charge in [-0.05, 0) is 56.0 Å². The number of hydrogen-bond acceptors (Lipinski definition) is 6. The summed E-state index contributed by atoms with van der Waals surface area (Å²) >= 11 is 0. The van der Waals surface area contributed by atoms with E-state index < -0.39 is 27.2 Å². The summed E-state index contributed by atoms with van der Waals surface area (Å²) in [5.41, 5.74) is 1.86. The van der Waals surface area contributed by atoms with Gasteiger partial charge in [-0.3, -0.25) is 4.79 Å². The zero-order valence-electron chi connectivity index (χ0n) is 16.1. The SMILES string of the molecule is Cc1ccc(S(=O)(=O)C2CCC(O)N(CCc3ccc4c(c3)OCO4)C2=O)cc1. The Hall–Kier alpha value is -2.58. The molecule has 2 aliphatic rings. The van der Waals surface area contributed by atoms with Gasteiger partial charge in [-0.2, -0.15) is 0 Å². The van der Waals surface area contributed by atoms with Crippen LogP contribution < -0.4 is 9.47 Å². The number of aliphatic hydroxyl groups is 1. The fourth-order valence-electron chi connectivity index (χ4n) is 3.70. The number of amides is 1. The van der Waals surface area contributed by atoms with E-state index in [0.717, 1.165) is 11.1 Å². The Kier molecular flexibility index (Phi) is 5.23. The first kappa shape index (κ1) is 19.7. The van der Waals surface area contributed by atoms with E-state index in [9.17, 15) is 18.3 Å². The highest BCUT2D eigenvalue weighted by atomic mass is 32.2. The van der Waals surface area contributed by atoms with Crippen LogP contribution in [0.4, 0.5) is 0 Å². The lowest BCUT2D eigenvalue weighted by molar-refractivity contribution is -0.145. The van der Waals surface area contributed by atoms with Crippen molar-refractivity contribution in [3.63, 3.8) is 0 Å². The molecule has 2 aromatic carbocycles. The number of likely N-dealkylation sites (tertiary alicyclic amines) is 1. The molecule has 1 amide bonds. The molecule has 154 valence electrons. The zero-order valence-corrected chi connectivity index (χ0v) is 16.9. The number of carbonyl (C=O) groups is 1. The molecule has 1 fully saturated rings. The van der Waals surface area contributed by atoms with E-state index in [1.165, 1.54) is 17.0 Å². The number of fused-ring (bicyclic) bond motifs is 1. The molecule has 0 bridgehead atoms. The van der Waals surface area contributed by atoms with Gasteiger partial charge in [0.2, 0.25) is 12.7 Å². The first-order valence-corrected chi connectivity index (χ1v) is 11.1. The lowest BCUT2D eigenvalue weighted by Gasteiger charge is -2.36. The summed E-state index contributed by atoms with van der Waals surface area (Å²) in [6.45, 7) is 2.27. The van der Waals surface area contributed by atoms with Crippen LogP contribution >= 0.6 is 0 Å². The Morgan fingerprint density at radius 1 is 1.07 bits per heavy atom. The summed E-state index contributed by atoms with van der Waals surface area (Å²) in [6.07, 6.45) is -0.184. The van der Waals surface area contributed by atoms with E-state index in [4.69, 9.17) is 9.47 Å². The van der Waals surface area contributed by atoms with E-state index in [0.29, 0.717) is 17.9 Å². The van der Waals surface area contributed by atoms with Gasteiger partial charge in [-0.1, -0.05) is 23.8 Å². The van der Waals surface area contributed by atoms with Crippen LogP contribution in [0.25, 0.3) is 0 Å². The van der Waals surface area contributed by atoms with E-state index in [-0.39, 0.29) is 31.1 Å². The van der Waals surface area contributed by atoms with Crippen LogP contribution in [0.3, 0.4) is 0 Å². The van der Waals surface area contributed by atoms with Crippen molar-refractivity contribution in [3.05, 3.63) is 53.6 Å². The predicted octanol–water partition coefficient (Wildman–Crippen LogP) is 2.05. The molecule has 1 N–H and O–H groups in total. The summed E-state index contributed by atoms with van der Waals surface area (Å²) in [7, 11) is -3.81. The van der Waals surface area contributed by atoms with Crippen LogP contribution in [-0.4, -0.2) is 49.1 Å². The van der Waals surface area contributed by atoms with Crippen molar-refractivity contribution in [2.24, 2.45) is 0 Å². The molecule has 4 rings (SSSR count). The Bertz CT molecular complexity index is 1020. The molecule has 8 heteroatoms. The molecular formula is C21H23NO6S. The molecule has 2 unspecified atom stereocenters. The number of sulfone groups is 1. The Morgan fingerprint density at radius 2 is 1.79 bits per heavy atom. The van der Waals surface area contributed by atoms with Crippen molar-refractivity contribution in [1.82, 2.24) is 4.90 Å². The van der Waals surface area contributed by atoms with Gasteiger partial charge in [0.25, 0.3) is 0 Å². The normalized spacial score (nSPS) is 21.4. The van der Waals surface area contributed by atoms with Crippen molar-refractivity contribution >= 4 is 15.7 Å². The monoisotopic (exact) mass is 417 g/mol. The van der Waals surface area contributed by atoms with E-state index in [2.05, 4.69) is 0 Å². The van der Waals surface area contributed by atoms with E-state index >= 15 is 0 Å². The smallest absolute Gasteiger partial charge is 0.243 e. The molecule has 2 aromatic rings. The minimum Gasteiger partial charge on any atom is -0.454 e. The molecule has 0 radical (unpaired) electrons.